The molecule has 2 rings (SSSR count). The molecule has 1 aromatic carbocycles. The second-order valence-corrected chi connectivity index (χ2v) is 3.23. The van der Waals surface area contributed by atoms with Crippen LogP contribution in [0.3, 0.4) is 0 Å². The lowest BCUT2D eigenvalue weighted by Crippen LogP contribution is -2.29. The Bertz CT molecular complexity index is 575. The zero-order chi connectivity index (χ0) is 11.0. The highest BCUT2D eigenvalue weighted by molar-refractivity contribution is 6.33. The van der Waals surface area contributed by atoms with Crippen LogP contribution < -0.4 is 10.9 Å². The first-order valence-corrected chi connectivity index (χ1v) is 4.64. The quantitative estimate of drug-likeness (QED) is 0.652. The summed E-state index contributed by atoms with van der Waals surface area (Å²) in [4.78, 5) is 11.7. The van der Waals surface area contributed by atoms with Crippen LogP contribution in [0.5, 0.6) is 0 Å². The Hall–Kier alpha value is -1.58. The van der Waals surface area contributed by atoms with Crippen molar-refractivity contribution >= 4 is 24.3 Å². The van der Waals surface area contributed by atoms with Crippen molar-refractivity contribution in [1.29, 1.82) is 0 Å². The molecule has 0 spiro atoms. The molecule has 0 atom stereocenters. The number of hydrogen-bond acceptors (Lipinski definition) is 2. The Kier molecular flexibility index (Phi) is 2.35. The third-order valence-corrected chi connectivity index (χ3v) is 2.30. The van der Waals surface area contributed by atoms with Gasteiger partial charge in [-0.25, -0.2) is 4.39 Å². The van der Waals surface area contributed by atoms with Gasteiger partial charge in [-0.05, 0) is 17.6 Å². The van der Waals surface area contributed by atoms with E-state index in [1.807, 2.05) is 6.92 Å². The summed E-state index contributed by atoms with van der Waals surface area (Å²) in [7, 11) is 5.56. The van der Waals surface area contributed by atoms with Crippen LogP contribution in [0.2, 0.25) is 0 Å². The van der Waals surface area contributed by atoms with E-state index in [1.54, 1.807) is 6.07 Å². The zero-order valence-electron chi connectivity index (χ0n) is 8.21. The monoisotopic (exact) mass is 202 g/mol. The topological polar surface area (TPSA) is 30.2 Å². The fraction of sp³-hybridized carbons (Fsp3) is 0.182. The summed E-state index contributed by atoms with van der Waals surface area (Å²) < 4.78 is 18.7. The Balaban J connectivity index is 2.98. The smallest absolute Gasteiger partial charge is 0.188 e. The Morgan fingerprint density at radius 3 is 2.87 bits per heavy atom. The molecule has 74 valence electrons. The van der Waals surface area contributed by atoms with Crippen LogP contribution in [0.4, 0.5) is 4.39 Å². The largest absolute Gasteiger partial charge is 0.461 e. The van der Waals surface area contributed by atoms with Gasteiger partial charge in [0.25, 0.3) is 0 Å². The van der Waals surface area contributed by atoms with Crippen LogP contribution in [0.1, 0.15) is 12.7 Å². The predicted octanol–water partition coefficient (Wildman–Crippen LogP) is 1.29. The molecular weight excluding hydrogens is 194 g/mol. The lowest BCUT2D eigenvalue weighted by Gasteiger charge is -2.05. The third-order valence-electron chi connectivity index (χ3n) is 2.30. The lowest BCUT2D eigenvalue weighted by molar-refractivity contribution is 0.545. The van der Waals surface area contributed by atoms with Gasteiger partial charge in [0.2, 0.25) is 0 Å². The Labute approximate surface area is 87.1 Å². The fourth-order valence-electron chi connectivity index (χ4n) is 1.52. The number of hydrogen-bond donors (Lipinski definition) is 0. The maximum Gasteiger partial charge on any atom is 0.188 e. The molecule has 1 aromatic heterocycles. The molecule has 0 saturated carbocycles. The molecule has 2 aromatic rings. The second kappa shape index (κ2) is 3.53. The van der Waals surface area contributed by atoms with Gasteiger partial charge in [-0.2, -0.15) is 0 Å². The third kappa shape index (κ3) is 1.46. The van der Waals surface area contributed by atoms with Crippen molar-refractivity contribution in [2.75, 3.05) is 0 Å². The number of halogens is 1. The molecular formula is C11H8BFO2. The van der Waals surface area contributed by atoms with Crippen LogP contribution in [0.15, 0.2) is 27.4 Å². The van der Waals surface area contributed by atoms with Crippen molar-refractivity contribution in [1.82, 2.24) is 0 Å². The van der Waals surface area contributed by atoms with E-state index in [2.05, 4.69) is 0 Å². The molecule has 0 bridgehead atoms. The molecule has 0 aliphatic carbocycles. The van der Waals surface area contributed by atoms with E-state index in [9.17, 15) is 9.18 Å². The molecule has 0 N–H and O–H groups in total. The van der Waals surface area contributed by atoms with Gasteiger partial charge in [-0.3, -0.25) is 4.79 Å². The minimum Gasteiger partial charge on any atom is -0.461 e. The molecule has 4 heteroatoms. The van der Waals surface area contributed by atoms with E-state index in [0.29, 0.717) is 12.2 Å². The van der Waals surface area contributed by atoms with Crippen molar-refractivity contribution < 1.29 is 8.81 Å². The average molecular weight is 202 g/mol. The van der Waals surface area contributed by atoms with Crippen LogP contribution in [0, 0.1) is 5.82 Å². The summed E-state index contributed by atoms with van der Waals surface area (Å²) in [5, 5.41) is -0.0767. The number of benzene rings is 1. The van der Waals surface area contributed by atoms with Gasteiger partial charge < -0.3 is 4.42 Å². The summed E-state index contributed by atoms with van der Waals surface area (Å²) in [5.41, 5.74) is -0.257. The first-order chi connectivity index (χ1) is 7.15. The van der Waals surface area contributed by atoms with Crippen LogP contribution in [0.25, 0.3) is 11.0 Å². The highest BCUT2D eigenvalue weighted by atomic mass is 19.1. The molecule has 0 amide bonds. The molecule has 0 fully saturated rings. The molecule has 0 aliphatic heterocycles. The van der Waals surface area contributed by atoms with E-state index < -0.39 is 11.2 Å². The van der Waals surface area contributed by atoms with Gasteiger partial charge >= 0.3 is 0 Å². The summed E-state index contributed by atoms with van der Waals surface area (Å²) in [6, 6.07) is 4.26. The first kappa shape index (κ1) is 9.96. The van der Waals surface area contributed by atoms with Gasteiger partial charge in [0, 0.05) is 6.42 Å². The van der Waals surface area contributed by atoms with E-state index >= 15 is 0 Å². The van der Waals surface area contributed by atoms with Crippen molar-refractivity contribution in [3.63, 3.8) is 0 Å². The van der Waals surface area contributed by atoms with E-state index in [4.69, 9.17) is 12.3 Å². The summed E-state index contributed by atoms with van der Waals surface area (Å²) in [6.07, 6.45) is 0.507. The summed E-state index contributed by atoms with van der Waals surface area (Å²) >= 11 is 0. The normalized spacial score (nSPS) is 10.8. The van der Waals surface area contributed by atoms with Crippen LogP contribution in [-0.2, 0) is 6.42 Å². The number of rotatable bonds is 1. The average Bonchev–Trinajstić information content (AvgIpc) is 2.23. The Morgan fingerprint density at radius 1 is 1.47 bits per heavy atom. The van der Waals surface area contributed by atoms with E-state index in [-0.39, 0.29) is 16.4 Å². The van der Waals surface area contributed by atoms with Gasteiger partial charge in [-0.15, -0.1) is 0 Å². The van der Waals surface area contributed by atoms with Crippen molar-refractivity contribution in [2.45, 2.75) is 13.3 Å². The fourth-order valence-corrected chi connectivity index (χ4v) is 1.52. The molecule has 1 heterocycles. The SMILES string of the molecule is [B]c1c(CC)oc2cccc(F)c2c1=O. The van der Waals surface area contributed by atoms with Gasteiger partial charge in [-0.1, -0.05) is 13.0 Å². The number of aryl methyl sites for hydroxylation is 1. The maximum absolute atomic E-state index is 13.3. The van der Waals surface area contributed by atoms with Crippen molar-refractivity contribution in [2.24, 2.45) is 0 Å². The van der Waals surface area contributed by atoms with E-state index in [0.717, 1.165) is 0 Å². The molecule has 0 unspecified atom stereocenters. The molecule has 15 heavy (non-hydrogen) atoms. The van der Waals surface area contributed by atoms with E-state index in [1.165, 1.54) is 12.1 Å². The zero-order valence-corrected chi connectivity index (χ0v) is 8.21. The Morgan fingerprint density at radius 2 is 2.20 bits per heavy atom. The van der Waals surface area contributed by atoms with Gasteiger partial charge in [0.15, 0.2) is 5.43 Å². The van der Waals surface area contributed by atoms with Gasteiger partial charge in [0.05, 0.1) is 5.39 Å². The minimum atomic E-state index is -0.601. The highest BCUT2D eigenvalue weighted by Crippen LogP contribution is 2.14. The first-order valence-electron chi connectivity index (χ1n) is 4.64. The lowest BCUT2D eigenvalue weighted by atomic mass is 9.92. The summed E-state index contributed by atoms with van der Waals surface area (Å²) in [5.74, 6) is -0.200. The standard InChI is InChI=1S/C11H8BFO2/c1-2-7-10(12)11(14)9-6(13)4-3-5-8(9)15-7/h3-5H,2H2,1H3. The molecule has 2 nitrogen and oxygen atoms in total. The van der Waals surface area contributed by atoms with Crippen molar-refractivity contribution in [3.8, 4) is 0 Å². The second-order valence-electron chi connectivity index (χ2n) is 3.23. The molecule has 2 radical (unpaired) electrons. The molecule has 0 saturated heterocycles. The van der Waals surface area contributed by atoms with Crippen LogP contribution in [-0.4, -0.2) is 7.85 Å². The van der Waals surface area contributed by atoms with Crippen molar-refractivity contribution in [3.05, 3.63) is 40.0 Å². The summed E-state index contributed by atoms with van der Waals surface area (Å²) in [6.45, 7) is 1.82. The predicted molar refractivity (Wildman–Crippen MR) is 57.2 cm³/mol. The van der Waals surface area contributed by atoms with Crippen LogP contribution >= 0.6 is 0 Å². The minimum absolute atomic E-state index is 0.00454. The van der Waals surface area contributed by atoms with Gasteiger partial charge in [0.1, 0.15) is 25.0 Å². The highest BCUT2D eigenvalue weighted by Gasteiger charge is 2.11. The maximum atomic E-state index is 13.3. The molecule has 0 aliphatic rings. The number of fused-ring (bicyclic) bond motifs is 1.